The van der Waals surface area contributed by atoms with Crippen LogP contribution in [-0.4, -0.2) is 4.98 Å². The van der Waals surface area contributed by atoms with Gasteiger partial charge in [-0.25, -0.2) is 4.98 Å². The van der Waals surface area contributed by atoms with Crippen molar-refractivity contribution in [2.45, 2.75) is 6.92 Å². The zero-order chi connectivity index (χ0) is 12.5. The first-order valence-corrected chi connectivity index (χ1v) is 5.70. The molecule has 0 amide bonds. The van der Waals surface area contributed by atoms with E-state index in [1.807, 2.05) is 31.2 Å². The summed E-state index contributed by atoms with van der Waals surface area (Å²) in [6.45, 7) is 2.02. The van der Waals surface area contributed by atoms with E-state index in [-0.39, 0.29) is 5.43 Å². The summed E-state index contributed by atoms with van der Waals surface area (Å²) in [6, 6.07) is 12.8. The molecule has 3 heteroatoms. The predicted molar refractivity (Wildman–Crippen MR) is 70.5 cm³/mol. The van der Waals surface area contributed by atoms with Gasteiger partial charge in [0, 0.05) is 17.8 Å². The Bertz CT molecular complexity index is 757. The van der Waals surface area contributed by atoms with Gasteiger partial charge in [0.25, 0.3) is 0 Å². The summed E-state index contributed by atoms with van der Waals surface area (Å²) in [4.78, 5) is 16.0. The summed E-state index contributed by atoms with van der Waals surface area (Å²) < 4.78 is 5.66. The normalized spacial score (nSPS) is 10.7. The largest absolute Gasteiger partial charge is 0.437 e. The van der Waals surface area contributed by atoms with Crippen molar-refractivity contribution in [2.75, 3.05) is 0 Å². The highest BCUT2D eigenvalue weighted by Crippen LogP contribution is 2.21. The first-order valence-electron chi connectivity index (χ1n) is 5.70. The SMILES string of the molecule is Cc1ccc(-c2cc(=O)c3cccnc3o2)cc1. The Morgan fingerprint density at radius 1 is 1.11 bits per heavy atom. The first-order chi connectivity index (χ1) is 8.74. The summed E-state index contributed by atoms with van der Waals surface area (Å²) in [5.74, 6) is 0.547. The minimum Gasteiger partial charge on any atom is -0.437 e. The second-order valence-electron chi connectivity index (χ2n) is 4.20. The highest BCUT2D eigenvalue weighted by molar-refractivity contribution is 5.74. The number of benzene rings is 1. The molecular weight excluding hydrogens is 226 g/mol. The molecule has 0 unspecified atom stereocenters. The minimum absolute atomic E-state index is 0.0695. The zero-order valence-corrected chi connectivity index (χ0v) is 9.88. The lowest BCUT2D eigenvalue weighted by molar-refractivity contribution is 0.605. The third-order valence-corrected chi connectivity index (χ3v) is 2.84. The van der Waals surface area contributed by atoms with Crippen molar-refractivity contribution in [1.82, 2.24) is 4.98 Å². The van der Waals surface area contributed by atoms with Gasteiger partial charge >= 0.3 is 0 Å². The average Bonchev–Trinajstić information content (AvgIpc) is 2.39. The highest BCUT2D eigenvalue weighted by Gasteiger charge is 2.06. The molecule has 0 fully saturated rings. The van der Waals surface area contributed by atoms with E-state index < -0.39 is 0 Å². The Kier molecular flexibility index (Phi) is 2.45. The summed E-state index contributed by atoms with van der Waals surface area (Å²) in [5, 5.41) is 0.508. The van der Waals surface area contributed by atoms with E-state index in [0.717, 1.165) is 5.56 Å². The highest BCUT2D eigenvalue weighted by atomic mass is 16.3. The number of hydrogen-bond donors (Lipinski definition) is 0. The number of fused-ring (bicyclic) bond motifs is 1. The van der Waals surface area contributed by atoms with Gasteiger partial charge in [-0.1, -0.05) is 29.8 Å². The molecular formula is C15H11NO2. The maximum Gasteiger partial charge on any atom is 0.230 e. The van der Waals surface area contributed by atoms with Gasteiger partial charge in [0.1, 0.15) is 5.76 Å². The van der Waals surface area contributed by atoms with Gasteiger partial charge in [-0.3, -0.25) is 4.79 Å². The number of nitrogens with zero attached hydrogens (tertiary/aromatic N) is 1. The van der Waals surface area contributed by atoms with Gasteiger partial charge in [-0.15, -0.1) is 0 Å². The van der Waals surface area contributed by atoms with Crippen LogP contribution in [0, 0.1) is 6.92 Å². The third-order valence-electron chi connectivity index (χ3n) is 2.84. The van der Waals surface area contributed by atoms with Crippen molar-refractivity contribution in [2.24, 2.45) is 0 Å². The Balaban J connectivity index is 2.24. The summed E-state index contributed by atoms with van der Waals surface area (Å²) in [5.41, 5.74) is 2.35. The second kappa shape index (κ2) is 4.11. The molecule has 88 valence electrons. The van der Waals surface area contributed by atoms with Gasteiger partial charge in [0.2, 0.25) is 5.71 Å². The molecule has 0 bridgehead atoms. The van der Waals surface area contributed by atoms with Crippen molar-refractivity contribution in [3.05, 3.63) is 64.4 Å². The van der Waals surface area contributed by atoms with Crippen LogP contribution in [0.3, 0.4) is 0 Å². The molecule has 0 spiro atoms. The predicted octanol–water partition coefficient (Wildman–Crippen LogP) is 3.16. The number of hydrogen-bond acceptors (Lipinski definition) is 3. The van der Waals surface area contributed by atoms with Crippen LogP contribution >= 0.6 is 0 Å². The first kappa shape index (κ1) is 10.7. The standard InChI is InChI=1S/C15H11NO2/c1-10-4-6-11(7-5-10)14-9-13(17)12-3-2-8-16-15(12)18-14/h2-9H,1H3. The molecule has 0 aliphatic heterocycles. The van der Waals surface area contributed by atoms with E-state index in [1.165, 1.54) is 11.6 Å². The molecule has 3 rings (SSSR count). The van der Waals surface area contributed by atoms with Gasteiger partial charge in [0.15, 0.2) is 5.43 Å². The smallest absolute Gasteiger partial charge is 0.230 e. The van der Waals surface area contributed by atoms with E-state index in [9.17, 15) is 4.79 Å². The fourth-order valence-corrected chi connectivity index (χ4v) is 1.85. The Morgan fingerprint density at radius 3 is 2.67 bits per heavy atom. The quantitative estimate of drug-likeness (QED) is 0.653. The number of aryl methyl sites for hydroxylation is 1. The monoisotopic (exact) mass is 237 g/mol. The van der Waals surface area contributed by atoms with Gasteiger partial charge < -0.3 is 4.42 Å². The maximum atomic E-state index is 11.9. The zero-order valence-electron chi connectivity index (χ0n) is 9.88. The van der Waals surface area contributed by atoms with Crippen LogP contribution in [0.5, 0.6) is 0 Å². The molecule has 0 N–H and O–H groups in total. The molecule has 0 aliphatic rings. The Hall–Kier alpha value is -2.42. The fourth-order valence-electron chi connectivity index (χ4n) is 1.85. The van der Waals surface area contributed by atoms with E-state index in [1.54, 1.807) is 18.3 Å². The summed E-state index contributed by atoms with van der Waals surface area (Å²) >= 11 is 0. The van der Waals surface area contributed by atoms with Crippen LogP contribution in [0.2, 0.25) is 0 Å². The minimum atomic E-state index is -0.0695. The van der Waals surface area contributed by atoms with Crippen LogP contribution in [0.4, 0.5) is 0 Å². The second-order valence-corrected chi connectivity index (χ2v) is 4.20. The molecule has 3 aromatic rings. The van der Waals surface area contributed by atoms with Crippen LogP contribution in [0.15, 0.2) is 57.9 Å². The lowest BCUT2D eigenvalue weighted by Crippen LogP contribution is -2.00. The molecule has 3 nitrogen and oxygen atoms in total. The lowest BCUT2D eigenvalue weighted by Gasteiger charge is -2.02. The third kappa shape index (κ3) is 1.80. The summed E-state index contributed by atoms with van der Waals surface area (Å²) in [7, 11) is 0. The Morgan fingerprint density at radius 2 is 1.89 bits per heavy atom. The Labute approximate surface area is 104 Å². The van der Waals surface area contributed by atoms with E-state index in [4.69, 9.17) is 4.42 Å². The molecule has 2 aromatic heterocycles. The molecule has 0 aliphatic carbocycles. The number of aromatic nitrogens is 1. The van der Waals surface area contributed by atoms with Gasteiger partial charge in [0.05, 0.1) is 5.39 Å². The van der Waals surface area contributed by atoms with E-state index >= 15 is 0 Å². The molecule has 0 radical (unpaired) electrons. The van der Waals surface area contributed by atoms with E-state index in [0.29, 0.717) is 16.9 Å². The fraction of sp³-hybridized carbons (Fsp3) is 0.0667. The molecule has 0 saturated carbocycles. The van der Waals surface area contributed by atoms with Crippen molar-refractivity contribution < 1.29 is 4.42 Å². The van der Waals surface area contributed by atoms with Crippen LogP contribution in [-0.2, 0) is 0 Å². The van der Waals surface area contributed by atoms with Crippen molar-refractivity contribution in [3.63, 3.8) is 0 Å². The number of pyridine rings is 1. The molecule has 18 heavy (non-hydrogen) atoms. The summed E-state index contributed by atoms with van der Waals surface area (Å²) in [6.07, 6.45) is 1.62. The number of rotatable bonds is 1. The van der Waals surface area contributed by atoms with Crippen molar-refractivity contribution in [3.8, 4) is 11.3 Å². The van der Waals surface area contributed by atoms with Crippen molar-refractivity contribution >= 4 is 11.1 Å². The lowest BCUT2D eigenvalue weighted by atomic mass is 10.1. The van der Waals surface area contributed by atoms with Crippen LogP contribution in [0.25, 0.3) is 22.4 Å². The topological polar surface area (TPSA) is 43.1 Å². The van der Waals surface area contributed by atoms with E-state index in [2.05, 4.69) is 4.98 Å². The van der Waals surface area contributed by atoms with Crippen LogP contribution in [0.1, 0.15) is 5.56 Å². The molecule has 0 saturated heterocycles. The maximum absolute atomic E-state index is 11.9. The molecule has 2 heterocycles. The van der Waals surface area contributed by atoms with Crippen LogP contribution < -0.4 is 5.43 Å². The van der Waals surface area contributed by atoms with Crippen molar-refractivity contribution in [1.29, 1.82) is 0 Å². The molecule has 1 aromatic carbocycles. The van der Waals surface area contributed by atoms with Gasteiger partial charge in [-0.05, 0) is 19.1 Å². The average molecular weight is 237 g/mol. The molecule has 0 atom stereocenters. The van der Waals surface area contributed by atoms with Gasteiger partial charge in [-0.2, -0.15) is 0 Å².